The molecule has 2 rings (SSSR count). The number of benzene rings is 2. The minimum absolute atomic E-state index is 0.0460. The van der Waals surface area contributed by atoms with Gasteiger partial charge in [-0.3, -0.25) is 14.9 Å². The predicted octanol–water partition coefficient (Wildman–Crippen LogP) is 2.39. The number of para-hydroxylation sites is 2. The van der Waals surface area contributed by atoms with Gasteiger partial charge in [0.2, 0.25) is 5.91 Å². The van der Waals surface area contributed by atoms with Gasteiger partial charge >= 0.3 is 0 Å². The van der Waals surface area contributed by atoms with Crippen LogP contribution < -0.4 is 10.6 Å². The van der Waals surface area contributed by atoms with E-state index in [0.29, 0.717) is 11.3 Å². The molecule has 1 atom stereocenters. The number of nitrogens with one attached hydrogen (secondary N) is 2. The number of halogens is 1. The van der Waals surface area contributed by atoms with Crippen LogP contribution in [-0.2, 0) is 4.79 Å². The molecule has 0 fully saturated rings. The number of nitrogens with zero attached hydrogens (tertiary/aromatic N) is 1. The molecule has 0 aromatic heterocycles. The van der Waals surface area contributed by atoms with Crippen molar-refractivity contribution in [3.63, 3.8) is 0 Å². The quantitative estimate of drug-likeness (QED) is 0.386. The molecule has 2 aromatic carbocycles. The number of nitro benzene ring substituents is 1. The van der Waals surface area contributed by atoms with Gasteiger partial charge < -0.3 is 15.7 Å². The summed E-state index contributed by atoms with van der Waals surface area (Å²) in [4.78, 5) is 22.2. The van der Waals surface area contributed by atoms with Gasteiger partial charge in [-0.25, -0.2) is 4.39 Å². The summed E-state index contributed by atoms with van der Waals surface area (Å²) in [5, 5.41) is 26.3. The van der Waals surface area contributed by atoms with E-state index in [2.05, 4.69) is 10.6 Å². The Morgan fingerprint density at radius 2 is 1.96 bits per heavy atom. The number of amides is 1. The number of aliphatic hydroxyl groups is 1. The Morgan fingerprint density at radius 3 is 2.68 bits per heavy atom. The molecule has 0 saturated carbocycles. The fourth-order valence-corrected chi connectivity index (χ4v) is 2.26. The smallest absolute Gasteiger partial charge is 0.292 e. The van der Waals surface area contributed by atoms with E-state index in [0.717, 1.165) is 0 Å². The lowest BCUT2D eigenvalue weighted by molar-refractivity contribution is -0.384. The van der Waals surface area contributed by atoms with Crippen molar-refractivity contribution < 1.29 is 19.2 Å². The van der Waals surface area contributed by atoms with Crippen LogP contribution in [0.3, 0.4) is 0 Å². The van der Waals surface area contributed by atoms with Crippen molar-refractivity contribution in [1.82, 2.24) is 5.32 Å². The molecule has 0 bridgehead atoms. The lowest BCUT2D eigenvalue weighted by Crippen LogP contribution is -2.29. The number of hydrogen-bond donors (Lipinski definition) is 3. The van der Waals surface area contributed by atoms with Crippen molar-refractivity contribution >= 4 is 17.3 Å². The van der Waals surface area contributed by atoms with E-state index in [-0.39, 0.29) is 25.2 Å². The average Bonchev–Trinajstić information content (AvgIpc) is 2.59. The molecule has 0 aliphatic rings. The molecular formula is C17H18FN3O4. The molecular weight excluding hydrogens is 329 g/mol. The maximum atomic E-state index is 13.1. The Labute approximate surface area is 143 Å². The van der Waals surface area contributed by atoms with E-state index < -0.39 is 22.8 Å². The molecule has 3 N–H and O–H groups in total. The first kappa shape index (κ1) is 18.3. The third-order valence-electron chi connectivity index (χ3n) is 3.48. The molecule has 0 aliphatic heterocycles. The van der Waals surface area contributed by atoms with Gasteiger partial charge in [-0.05, 0) is 23.8 Å². The Balaban J connectivity index is 1.77. The number of hydrogen-bond acceptors (Lipinski definition) is 5. The van der Waals surface area contributed by atoms with E-state index in [9.17, 15) is 24.4 Å². The molecule has 8 heteroatoms. The topological polar surface area (TPSA) is 104 Å². The minimum Gasteiger partial charge on any atom is -0.388 e. The second-order valence-corrected chi connectivity index (χ2v) is 5.33. The molecule has 0 aliphatic carbocycles. The van der Waals surface area contributed by atoms with E-state index >= 15 is 0 Å². The maximum absolute atomic E-state index is 13.1. The first-order chi connectivity index (χ1) is 12.0. The zero-order valence-electron chi connectivity index (χ0n) is 13.3. The fraction of sp³-hybridized carbons (Fsp3) is 0.235. The number of rotatable bonds is 8. The number of aliphatic hydroxyl groups excluding tert-OH is 1. The molecule has 132 valence electrons. The summed E-state index contributed by atoms with van der Waals surface area (Å²) in [5.41, 5.74) is 0.644. The summed E-state index contributed by atoms with van der Waals surface area (Å²) in [5.74, 6) is -0.883. The van der Waals surface area contributed by atoms with Gasteiger partial charge in [0, 0.05) is 19.2 Å². The van der Waals surface area contributed by atoms with Gasteiger partial charge in [0.15, 0.2) is 0 Å². The monoisotopic (exact) mass is 347 g/mol. The normalized spacial score (nSPS) is 11.6. The third kappa shape index (κ3) is 5.54. The van der Waals surface area contributed by atoms with E-state index in [1.807, 2.05) is 0 Å². The second-order valence-electron chi connectivity index (χ2n) is 5.33. The number of carbonyl (C=O) groups excluding carboxylic acids is 1. The minimum atomic E-state index is -1.10. The second kappa shape index (κ2) is 8.74. The summed E-state index contributed by atoms with van der Waals surface area (Å²) in [7, 11) is 0. The number of carbonyl (C=O) groups is 1. The molecule has 1 unspecified atom stereocenters. The standard InChI is InChI=1S/C17H18FN3O4/c18-13-5-3-4-12(10-13)16(22)11-17(23)20-9-8-19-14-6-1-2-7-15(14)21(24)25/h1-7,10,16,19,22H,8-9,11H2,(H,20,23). The van der Waals surface area contributed by atoms with Crippen LogP contribution in [0.5, 0.6) is 0 Å². The van der Waals surface area contributed by atoms with E-state index in [4.69, 9.17) is 0 Å². The summed E-state index contributed by atoms with van der Waals surface area (Å²) in [6.45, 7) is 0.507. The van der Waals surface area contributed by atoms with Crippen LogP contribution in [-0.4, -0.2) is 29.0 Å². The SMILES string of the molecule is O=C(CC(O)c1cccc(F)c1)NCCNc1ccccc1[N+](=O)[O-]. The third-order valence-corrected chi connectivity index (χ3v) is 3.48. The van der Waals surface area contributed by atoms with Gasteiger partial charge in [0.05, 0.1) is 17.4 Å². The van der Waals surface area contributed by atoms with Crippen LogP contribution in [0.4, 0.5) is 15.8 Å². The lowest BCUT2D eigenvalue weighted by atomic mass is 10.1. The fourth-order valence-electron chi connectivity index (χ4n) is 2.26. The molecule has 7 nitrogen and oxygen atoms in total. The molecule has 0 spiro atoms. The molecule has 1 amide bonds. The highest BCUT2D eigenvalue weighted by molar-refractivity contribution is 5.76. The van der Waals surface area contributed by atoms with Crippen molar-refractivity contribution in [2.75, 3.05) is 18.4 Å². The van der Waals surface area contributed by atoms with Gasteiger partial charge in [-0.1, -0.05) is 24.3 Å². The van der Waals surface area contributed by atoms with Crippen molar-refractivity contribution in [2.24, 2.45) is 0 Å². The molecule has 25 heavy (non-hydrogen) atoms. The highest BCUT2D eigenvalue weighted by atomic mass is 19.1. The van der Waals surface area contributed by atoms with Crippen LogP contribution in [0.1, 0.15) is 18.1 Å². The zero-order valence-corrected chi connectivity index (χ0v) is 13.3. The summed E-state index contributed by atoms with van der Waals surface area (Å²) >= 11 is 0. The summed E-state index contributed by atoms with van der Waals surface area (Å²) < 4.78 is 13.1. The Morgan fingerprint density at radius 1 is 1.20 bits per heavy atom. The van der Waals surface area contributed by atoms with Crippen molar-refractivity contribution in [3.05, 3.63) is 70.0 Å². The first-order valence-electron chi connectivity index (χ1n) is 7.65. The Bertz CT molecular complexity index is 754. The average molecular weight is 347 g/mol. The van der Waals surface area contributed by atoms with Crippen LogP contribution in [0.15, 0.2) is 48.5 Å². The van der Waals surface area contributed by atoms with E-state index in [1.54, 1.807) is 18.2 Å². The Kier molecular flexibility index (Phi) is 6.41. The maximum Gasteiger partial charge on any atom is 0.292 e. The highest BCUT2D eigenvalue weighted by Gasteiger charge is 2.14. The van der Waals surface area contributed by atoms with Crippen LogP contribution in [0, 0.1) is 15.9 Å². The number of anilines is 1. The molecule has 2 aromatic rings. The van der Waals surface area contributed by atoms with Crippen LogP contribution in [0.2, 0.25) is 0 Å². The largest absolute Gasteiger partial charge is 0.388 e. The van der Waals surface area contributed by atoms with Crippen molar-refractivity contribution in [2.45, 2.75) is 12.5 Å². The molecule has 0 saturated heterocycles. The zero-order chi connectivity index (χ0) is 18.2. The predicted molar refractivity (Wildman–Crippen MR) is 90.6 cm³/mol. The van der Waals surface area contributed by atoms with E-state index in [1.165, 1.54) is 30.3 Å². The van der Waals surface area contributed by atoms with Crippen LogP contribution in [0.25, 0.3) is 0 Å². The summed E-state index contributed by atoms with van der Waals surface area (Å²) in [6, 6.07) is 11.6. The highest BCUT2D eigenvalue weighted by Crippen LogP contribution is 2.22. The Hall–Kier alpha value is -3.00. The van der Waals surface area contributed by atoms with Gasteiger partial charge in [0.1, 0.15) is 11.5 Å². The first-order valence-corrected chi connectivity index (χ1v) is 7.65. The van der Waals surface area contributed by atoms with Gasteiger partial charge in [0.25, 0.3) is 5.69 Å². The van der Waals surface area contributed by atoms with Gasteiger partial charge in [-0.15, -0.1) is 0 Å². The van der Waals surface area contributed by atoms with Gasteiger partial charge in [-0.2, -0.15) is 0 Å². The lowest BCUT2D eigenvalue weighted by Gasteiger charge is -2.12. The molecule has 0 heterocycles. The van der Waals surface area contributed by atoms with Crippen molar-refractivity contribution in [1.29, 1.82) is 0 Å². The van der Waals surface area contributed by atoms with Crippen LogP contribution >= 0.6 is 0 Å². The van der Waals surface area contributed by atoms with Crippen molar-refractivity contribution in [3.8, 4) is 0 Å². The number of nitro groups is 1. The molecule has 0 radical (unpaired) electrons. The summed E-state index contributed by atoms with van der Waals surface area (Å²) in [6.07, 6.45) is -1.30.